The van der Waals surface area contributed by atoms with E-state index in [1.54, 1.807) is 24.0 Å². The largest absolute Gasteiger partial charge is 0.490 e. The number of carbonyl (C=O) groups is 1. The number of aromatic nitrogens is 2. The van der Waals surface area contributed by atoms with Gasteiger partial charge in [0.05, 0.1) is 34.8 Å². The van der Waals surface area contributed by atoms with E-state index >= 15 is 0 Å². The van der Waals surface area contributed by atoms with Gasteiger partial charge in [-0.15, -0.1) is 0 Å². The van der Waals surface area contributed by atoms with Crippen LogP contribution in [-0.2, 0) is 27.9 Å². The zero-order valence-electron chi connectivity index (χ0n) is 18.0. The fourth-order valence-corrected chi connectivity index (χ4v) is 5.47. The van der Waals surface area contributed by atoms with E-state index in [1.807, 2.05) is 30.3 Å². The van der Waals surface area contributed by atoms with Gasteiger partial charge in [-0.1, -0.05) is 30.3 Å². The number of aliphatic hydroxyl groups is 1. The van der Waals surface area contributed by atoms with Gasteiger partial charge in [-0.3, -0.25) is 4.79 Å². The summed E-state index contributed by atoms with van der Waals surface area (Å²) in [4.78, 5) is 14.9. The number of benzene rings is 2. The van der Waals surface area contributed by atoms with Gasteiger partial charge in [0.25, 0.3) is 10.0 Å². The molecule has 0 radical (unpaired) electrons. The molecule has 0 spiro atoms. The first-order valence-corrected chi connectivity index (χ1v) is 12.1. The monoisotopic (exact) mass is 468 g/mol. The molecule has 3 aromatic rings. The molecule has 172 valence electrons. The summed E-state index contributed by atoms with van der Waals surface area (Å²) in [5.41, 5.74) is 2.57. The number of hydrogen-bond acceptors (Lipinski definition) is 7. The first-order chi connectivity index (χ1) is 15.8. The molecule has 2 aromatic carbocycles. The summed E-state index contributed by atoms with van der Waals surface area (Å²) in [5, 5.41) is 17.7. The number of nitrogens with zero attached hydrogens (tertiary/aromatic N) is 3. The van der Waals surface area contributed by atoms with Crippen LogP contribution in [0.1, 0.15) is 29.7 Å². The number of nitrogens with one attached hydrogen (secondary N) is 1. The van der Waals surface area contributed by atoms with Crippen LogP contribution in [-0.4, -0.2) is 52.8 Å². The Morgan fingerprint density at radius 2 is 1.97 bits per heavy atom. The van der Waals surface area contributed by atoms with E-state index < -0.39 is 22.0 Å². The lowest BCUT2D eigenvalue weighted by molar-refractivity contribution is -0.135. The van der Waals surface area contributed by atoms with Crippen molar-refractivity contribution in [3.8, 4) is 5.75 Å². The minimum atomic E-state index is -3.89. The molecule has 0 saturated heterocycles. The van der Waals surface area contributed by atoms with Crippen molar-refractivity contribution in [2.45, 2.75) is 36.9 Å². The van der Waals surface area contributed by atoms with Crippen molar-refractivity contribution >= 4 is 21.6 Å². The summed E-state index contributed by atoms with van der Waals surface area (Å²) in [5.74, 6) is -0.302. The summed E-state index contributed by atoms with van der Waals surface area (Å²) >= 11 is 0. The van der Waals surface area contributed by atoms with Crippen LogP contribution in [0, 0.1) is 0 Å². The Labute approximate surface area is 191 Å². The number of rotatable bonds is 5. The van der Waals surface area contributed by atoms with Gasteiger partial charge in [0.1, 0.15) is 12.4 Å². The van der Waals surface area contributed by atoms with Gasteiger partial charge in [0.2, 0.25) is 5.91 Å². The maximum absolute atomic E-state index is 13.2. The van der Waals surface area contributed by atoms with Crippen LogP contribution in [0.3, 0.4) is 0 Å². The zero-order chi connectivity index (χ0) is 23.2. The highest BCUT2D eigenvalue weighted by Gasteiger charge is 2.35. The van der Waals surface area contributed by atoms with Crippen molar-refractivity contribution in [3.05, 3.63) is 71.5 Å². The van der Waals surface area contributed by atoms with Crippen molar-refractivity contribution in [3.63, 3.8) is 0 Å². The fraction of sp³-hybridized carbons (Fsp3) is 0.304. The third kappa shape index (κ3) is 3.85. The number of carbonyl (C=O) groups excluding carboxylic acids is 1. The molecule has 2 N–H and O–H groups in total. The van der Waals surface area contributed by atoms with Crippen LogP contribution in [0.2, 0.25) is 0 Å². The van der Waals surface area contributed by atoms with Crippen LogP contribution < -0.4 is 10.1 Å². The van der Waals surface area contributed by atoms with Gasteiger partial charge in [-0.2, -0.15) is 17.6 Å². The number of ether oxygens (including phenoxy) is 1. The van der Waals surface area contributed by atoms with Crippen LogP contribution in [0.4, 0.5) is 5.69 Å². The lowest BCUT2D eigenvalue weighted by Crippen LogP contribution is -2.36. The molecular formula is C23H24N4O5S. The Morgan fingerprint density at radius 1 is 1.18 bits per heavy atom. The maximum atomic E-state index is 13.2. The van der Waals surface area contributed by atoms with Gasteiger partial charge < -0.3 is 20.1 Å². The van der Waals surface area contributed by atoms with Crippen LogP contribution in [0.25, 0.3) is 0 Å². The third-order valence-electron chi connectivity index (χ3n) is 5.95. The van der Waals surface area contributed by atoms with Crippen LogP contribution in [0.5, 0.6) is 5.75 Å². The lowest BCUT2D eigenvalue weighted by atomic mass is 9.93. The van der Waals surface area contributed by atoms with Gasteiger partial charge >= 0.3 is 0 Å². The Balaban J connectivity index is 1.37. The molecule has 33 heavy (non-hydrogen) atoms. The van der Waals surface area contributed by atoms with E-state index in [2.05, 4.69) is 10.4 Å². The maximum Gasteiger partial charge on any atom is 0.283 e. The topological polar surface area (TPSA) is 114 Å². The molecule has 0 unspecified atom stereocenters. The molecule has 2 atom stereocenters. The Morgan fingerprint density at radius 3 is 2.70 bits per heavy atom. The lowest BCUT2D eigenvalue weighted by Gasteiger charge is -2.25. The van der Waals surface area contributed by atoms with Crippen LogP contribution in [0.15, 0.2) is 59.6 Å². The first-order valence-electron chi connectivity index (χ1n) is 10.7. The Hall–Kier alpha value is -3.37. The summed E-state index contributed by atoms with van der Waals surface area (Å²) in [6.07, 6.45) is 0.594. The van der Waals surface area contributed by atoms with Crippen molar-refractivity contribution in [1.29, 1.82) is 0 Å². The molecule has 1 amide bonds. The minimum Gasteiger partial charge on any atom is -0.490 e. The normalized spacial score (nSPS) is 16.8. The van der Waals surface area contributed by atoms with Crippen molar-refractivity contribution in [2.24, 2.45) is 0 Å². The highest BCUT2D eigenvalue weighted by Crippen LogP contribution is 2.32. The summed E-state index contributed by atoms with van der Waals surface area (Å²) in [6, 6.07) is 13.8. The molecule has 9 nitrogen and oxygen atoms in total. The molecule has 3 heterocycles. The van der Waals surface area contributed by atoms with Gasteiger partial charge in [0.15, 0.2) is 0 Å². The summed E-state index contributed by atoms with van der Waals surface area (Å²) < 4.78 is 32.8. The number of amides is 1. The van der Waals surface area contributed by atoms with Crippen LogP contribution >= 0.6 is 0 Å². The Kier molecular flexibility index (Phi) is 5.34. The molecule has 0 bridgehead atoms. The number of anilines is 1. The molecule has 0 fully saturated rings. The molecule has 0 saturated carbocycles. The quantitative estimate of drug-likeness (QED) is 0.588. The molecule has 10 heteroatoms. The second-order valence-corrected chi connectivity index (χ2v) is 10.0. The highest BCUT2D eigenvalue weighted by atomic mass is 32.2. The number of fused-ring (bicyclic) bond motifs is 2. The predicted molar refractivity (Wildman–Crippen MR) is 120 cm³/mol. The van der Waals surface area contributed by atoms with E-state index in [-0.39, 0.29) is 23.9 Å². The van der Waals surface area contributed by atoms with E-state index in [9.17, 15) is 18.3 Å². The highest BCUT2D eigenvalue weighted by molar-refractivity contribution is 7.89. The van der Waals surface area contributed by atoms with Gasteiger partial charge in [-0.25, -0.2) is 0 Å². The molecular weight excluding hydrogens is 444 g/mol. The third-order valence-corrected chi connectivity index (χ3v) is 7.48. The molecule has 5 rings (SSSR count). The van der Waals surface area contributed by atoms with E-state index in [0.29, 0.717) is 35.8 Å². The van der Waals surface area contributed by atoms with Crippen molar-refractivity contribution < 1.29 is 23.1 Å². The van der Waals surface area contributed by atoms with E-state index in [0.717, 1.165) is 9.65 Å². The Bertz CT molecular complexity index is 1280. The number of hydrogen-bond donors (Lipinski definition) is 2. The fourth-order valence-electron chi connectivity index (χ4n) is 4.28. The van der Waals surface area contributed by atoms with E-state index in [1.165, 1.54) is 12.3 Å². The average Bonchev–Trinajstić information content (AvgIpc) is 3.39. The molecule has 1 aromatic heterocycles. The number of aliphatic hydroxyl groups excluding tert-OH is 1. The zero-order valence-corrected chi connectivity index (χ0v) is 18.8. The minimum absolute atomic E-state index is 0.103. The summed E-state index contributed by atoms with van der Waals surface area (Å²) in [7, 11) is -3.89. The molecule has 2 aliphatic heterocycles. The van der Waals surface area contributed by atoms with Crippen molar-refractivity contribution in [1.82, 2.24) is 14.1 Å². The first kappa shape index (κ1) is 21.5. The molecule has 2 aliphatic rings. The predicted octanol–water partition coefficient (Wildman–Crippen LogP) is 1.93. The molecule has 0 aliphatic carbocycles. The van der Waals surface area contributed by atoms with E-state index in [4.69, 9.17) is 4.74 Å². The second-order valence-electron chi connectivity index (χ2n) is 8.24. The standard InChI is InChI=1S/C23H24N4O5S/c1-15(28)22(16-5-3-2-4-6-16)23(29)26-12-17-13-27(25-20(17)14-26)33(30,31)18-7-8-21-19(11-18)24-9-10-32-21/h2-8,11,13,15,22,24,28H,9-10,12,14H2,1H3/t15-,22+/m1/s1. The van der Waals surface area contributed by atoms with Gasteiger partial charge in [0, 0.05) is 24.8 Å². The summed E-state index contributed by atoms with van der Waals surface area (Å²) in [6.45, 7) is 3.15. The average molecular weight is 469 g/mol. The van der Waals surface area contributed by atoms with Crippen molar-refractivity contribution in [2.75, 3.05) is 18.5 Å². The second kappa shape index (κ2) is 8.20. The SMILES string of the molecule is C[C@@H](O)[C@H](C(=O)N1Cc2cn(S(=O)(=O)c3ccc4c(c3)NCCO4)nc2C1)c1ccccc1. The smallest absolute Gasteiger partial charge is 0.283 e. The van der Waals surface area contributed by atoms with Gasteiger partial charge in [-0.05, 0) is 30.7 Å².